The minimum Gasteiger partial charge on any atom is -0.239 e. The second-order valence-electron chi connectivity index (χ2n) is 6.50. The summed E-state index contributed by atoms with van der Waals surface area (Å²) in [7, 11) is 0. The zero-order valence-corrected chi connectivity index (χ0v) is 13.5. The molecule has 6 heteroatoms. The number of rotatable bonds is 2. The fourth-order valence-electron chi connectivity index (χ4n) is 2.31. The quantitative estimate of drug-likeness (QED) is 0.794. The second-order valence-corrected chi connectivity index (χ2v) is 6.50. The number of hydrogen-bond donors (Lipinski definition) is 0. The van der Waals surface area contributed by atoms with E-state index in [1.807, 2.05) is 46.8 Å². The molecule has 3 rings (SSSR count). The van der Waals surface area contributed by atoms with E-state index < -0.39 is 17.3 Å². The van der Waals surface area contributed by atoms with Crippen LogP contribution < -0.4 is 5.23 Å². The largest absolute Gasteiger partial charge is 0.309 e. The van der Waals surface area contributed by atoms with E-state index in [2.05, 4.69) is 9.97 Å². The molecule has 0 atom stereocenters. The van der Waals surface area contributed by atoms with Gasteiger partial charge in [0.1, 0.15) is 11.2 Å². The van der Waals surface area contributed by atoms with E-state index in [4.69, 9.17) is 9.68 Å². The molecule has 0 N–H and O–H groups in total. The Morgan fingerprint density at radius 1 is 1.14 bits per heavy atom. The third kappa shape index (κ3) is 2.32. The lowest BCUT2D eigenvalue weighted by atomic mass is 9.90. The van der Waals surface area contributed by atoms with Crippen molar-refractivity contribution in [2.24, 2.45) is 0 Å². The minimum atomic E-state index is -0.717. The van der Waals surface area contributed by atoms with Gasteiger partial charge in [-0.25, -0.2) is 19.6 Å². The normalized spacial score (nSPS) is 19.8. The molecule has 1 aromatic carbocycles. The third-order valence-electron chi connectivity index (χ3n) is 4.38. The number of halogens is 1. The summed E-state index contributed by atoms with van der Waals surface area (Å²) in [5.41, 5.74) is 1.36. The van der Waals surface area contributed by atoms with Gasteiger partial charge in [0.25, 0.3) is 0 Å². The highest BCUT2D eigenvalue weighted by molar-refractivity contribution is 5.84. The first-order valence-corrected chi connectivity index (χ1v) is 7.37. The number of hydrogen-bond acceptors (Lipinski definition) is 5. The van der Waals surface area contributed by atoms with Gasteiger partial charge in [-0.05, 0) is 51.8 Å². The van der Waals surface area contributed by atoms with E-state index in [1.165, 1.54) is 11.4 Å². The maximum Gasteiger partial charge on any atom is 0.309 e. The summed E-state index contributed by atoms with van der Waals surface area (Å²) < 4.78 is 13.3. The van der Waals surface area contributed by atoms with Gasteiger partial charge in [-0.1, -0.05) is 6.92 Å². The van der Waals surface area contributed by atoms with Gasteiger partial charge in [-0.15, -0.1) is 5.23 Å². The Morgan fingerprint density at radius 2 is 1.77 bits per heavy atom. The SMILES string of the molecule is CCc1cc(N2OC(C)(C)C(C)(C)O2)cc2cnc(F)nc12. The van der Waals surface area contributed by atoms with Gasteiger partial charge in [-0.3, -0.25) is 0 Å². The molecule has 1 aliphatic heterocycles. The predicted molar refractivity (Wildman–Crippen MR) is 81.7 cm³/mol. The van der Waals surface area contributed by atoms with Crippen LogP contribution >= 0.6 is 0 Å². The van der Waals surface area contributed by atoms with Gasteiger partial charge in [0.15, 0.2) is 0 Å². The van der Waals surface area contributed by atoms with Gasteiger partial charge in [0.2, 0.25) is 0 Å². The molecule has 0 radical (unpaired) electrons. The smallest absolute Gasteiger partial charge is 0.239 e. The van der Waals surface area contributed by atoms with Crippen molar-refractivity contribution in [2.45, 2.75) is 52.2 Å². The Labute approximate surface area is 129 Å². The van der Waals surface area contributed by atoms with Crippen LogP contribution in [0.2, 0.25) is 0 Å². The molecule has 0 amide bonds. The molecule has 118 valence electrons. The molecule has 2 heterocycles. The number of anilines is 1. The fraction of sp³-hybridized carbons (Fsp3) is 0.500. The van der Waals surface area contributed by atoms with Gasteiger partial charge in [0, 0.05) is 11.6 Å². The first kappa shape index (κ1) is 15.1. The van der Waals surface area contributed by atoms with E-state index in [0.717, 1.165) is 23.1 Å². The molecule has 2 aromatic rings. The van der Waals surface area contributed by atoms with Crippen LogP contribution in [0.5, 0.6) is 0 Å². The average molecular weight is 305 g/mol. The van der Waals surface area contributed by atoms with Crippen molar-refractivity contribution in [3.63, 3.8) is 0 Å². The van der Waals surface area contributed by atoms with Gasteiger partial charge in [0.05, 0.1) is 11.2 Å². The van der Waals surface area contributed by atoms with Crippen LogP contribution in [0.25, 0.3) is 10.9 Å². The monoisotopic (exact) mass is 305 g/mol. The van der Waals surface area contributed by atoms with Crippen LogP contribution in [0, 0.1) is 6.08 Å². The van der Waals surface area contributed by atoms with E-state index in [0.29, 0.717) is 5.52 Å². The van der Waals surface area contributed by atoms with E-state index in [-0.39, 0.29) is 0 Å². The van der Waals surface area contributed by atoms with Crippen molar-refractivity contribution in [3.05, 3.63) is 30.0 Å². The minimum absolute atomic E-state index is 0.465. The van der Waals surface area contributed by atoms with Gasteiger partial charge < -0.3 is 0 Å². The van der Waals surface area contributed by atoms with Crippen molar-refractivity contribution in [3.8, 4) is 0 Å². The van der Waals surface area contributed by atoms with Gasteiger partial charge >= 0.3 is 6.08 Å². The number of benzene rings is 1. The summed E-state index contributed by atoms with van der Waals surface area (Å²) in [5, 5.41) is 2.19. The van der Waals surface area contributed by atoms with Crippen molar-refractivity contribution in [2.75, 3.05) is 5.23 Å². The molecule has 1 saturated heterocycles. The highest BCUT2D eigenvalue weighted by Gasteiger charge is 2.50. The predicted octanol–water partition coefficient (Wildman–Crippen LogP) is 3.57. The summed E-state index contributed by atoms with van der Waals surface area (Å²) in [5.74, 6) is 0. The Morgan fingerprint density at radius 3 is 2.36 bits per heavy atom. The maximum atomic E-state index is 13.3. The highest BCUT2D eigenvalue weighted by Crippen LogP contribution is 2.40. The summed E-state index contributed by atoms with van der Waals surface area (Å²) >= 11 is 0. The first-order valence-electron chi connectivity index (χ1n) is 7.37. The number of aryl methyl sites for hydroxylation is 1. The number of fused-ring (bicyclic) bond motifs is 1. The van der Waals surface area contributed by atoms with Crippen molar-refractivity contribution in [1.29, 1.82) is 0 Å². The van der Waals surface area contributed by atoms with Crippen LogP contribution in [0.3, 0.4) is 0 Å². The average Bonchev–Trinajstić information content (AvgIpc) is 2.66. The molecule has 5 nitrogen and oxygen atoms in total. The molecule has 1 aromatic heterocycles. The van der Waals surface area contributed by atoms with Crippen molar-refractivity contribution < 1.29 is 14.1 Å². The zero-order chi connectivity index (χ0) is 16.1. The molecule has 22 heavy (non-hydrogen) atoms. The first-order chi connectivity index (χ1) is 10.2. The Kier molecular flexibility index (Phi) is 3.34. The van der Waals surface area contributed by atoms with Crippen molar-refractivity contribution >= 4 is 16.6 Å². The number of nitrogens with zero attached hydrogens (tertiary/aromatic N) is 3. The molecule has 0 bridgehead atoms. The van der Waals surface area contributed by atoms with E-state index in [1.54, 1.807) is 0 Å². The summed E-state index contributed by atoms with van der Waals surface area (Å²) in [6.45, 7) is 9.92. The standard InChI is InChI=1S/C16H20FN3O2/c1-6-10-7-12(8-11-9-18-14(17)19-13(10)11)20-21-15(2,3)16(4,5)22-20/h7-9H,6H2,1-5H3. The zero-order valence-electron chi connectivity index (χ0n) is 13.5. The molecule has 0 saturated carbocycles. The maximum absolute atomic E-state index is 13.3. The lowest BCUT2D eigenvalue weighted by Crippen LogP contribution is -2.41. The topological polar surface area (TPSA) is 47.5 Å². The van der Waals surface area contributed by atoms with E-state index in [9.17, 15) is 4.39 Å². The molecule has 0 unspecified atom stereocenters. The van der Waals surface area contributed by atoms with Crippen LogP contribution in [-0.2, 0) is 16.1 Å². The Bertz CT molecular complexity index is 715. The summed E-state index contributed by atoms with van der Waals surface area (Å²) in [4.78, 5) is 19.4. The van der Waals surface area contributed by atoms with Crippen LogP contribution in [0.1, 0.15) is 40.2 Å². The molecular formula is C16H20FN3O2. The lowest BCUT2D eigenvalue weighted by Gasteiger charge is -2.26. The van der Waals surface area contributed by atoms with Crippen LogP contribution in [0.15, 0.2) is 18.3 Å². The molecule has 0 aliphatic carbocycles. The van der Waals surface area contributed by atoms with E-state index >= 15 is 0 Å². The Hall–Kier alpha value is -1.79. The Balaban J connectivity index is 2.08. The van der Waals surface area contributed by atoms with Crippen LogP contribution in [-0.4, -0.2) is 21.2 Å². The molecule has 1 aliphatic rings. The second kappa shape index (κ2) is 4.86. The number of aromatic nitrogens is 2. The molecule has 1 fully saturated rings. The van der Waals surface area contributed by atoms with Gasteiger partial charge in [-0.2, -0.15) is 4.39 Å². The third-order valence-corrected chi connectivity index (χ3v) is 4.38. The molecule has 0 spiro atoms. The van der Waals surface area contributed by atoms with Crippen LogP contribution in [0.4, 0.5) is 10.1 Å². The lowest BCUT2D eigenvalue weighted by molar-refractivity contribution is -0.0272. The highest BCUT2D eigenvalue weighted by atomic mass is 19.1. The molecular weight excluding hydrogens is 285 g/mol. The fourth-order valence-corrected chi connectivity index (χ4v) is 2.31. The van der Waals surface area contributed by atoms with Crippen molar-refractivity contribution in [1.82, 2.24) is 9.97 Å². The summed E-state index contributed by atoms with van der Waals surface area (Å²) in [6, 6.07) is 3.75. The summed E-state index contributed by atoms with van der Waals surface area (Å²) in [6.07, 6.45) is 1.49.